The summed E-state index contributed by atoms with van der Waals surface area (Å²) in [6, 6.07) is 65.7. The van der Waals surface area contributed by atoms with Gasteiger partial charge in [-0.1, -0.05) is 191 Å². The highest BCUT2D eigenvalue weighted by Crippen LogP contribution is 2.46. The van der Waals surface area contributed by atoms with Crippen molar-refractivity contribution in [1.29, 1.82) is 0 Å². The highest BCUT2D eigenvalue weighted by molar-refractivity contribution is 6.11. The smallest absolute Gasteiger partial charge is 0.137 e. The summed E-state index contributed by atoms with van der Waals surface area (Å²) in [5.74, 6) is 2.41. The summed E-state index contributed by atoms with van der Waals surface area (Å²) in [6.45, 7) is 23.6. The second-order valence-corrected chi connectivity index (χ2v) is 21.9. The van der Waals surface area contributed by atoms with Crippen molar-refractivity contribution >= 4 is 33.2 Å². The number of fused-ring (bicyclic) bond motifs is 3. The van der Waals surface area contributed by atoms with Gasteiger partial charge in [0.05, 0.1) is 17.7 Å². The van der Waals surface area contributed by atoms with Crippen molar-refractivity contribution < 1.29 is 4.74 Å². The number of pyridine rings is 1. The first-order valence-electron chi connectivity index (χ1n) is 24.4. The molecule has 3 heterocycles. The lowest BCUT2D eigenvalue weighted by Gasteiger charge is -2.32. The summed E-state index contributed by atoms with van der Waals surface area (Å²) in [4.78, 5) is 9.91. The standard InChI is InChI=1S/C64H64N4O/c1-61(2,3)48-33-34-65-59(38-48)68-56-32-21-20-31-54(56)60-55(64(9,10)47-27-18-13-19-28-47)40-53(41-57(60)68)69-52-36-45(44-23-14-11-15-24-44)35-51(39-52)66-42-58(62(4,5)6)67(43-66)50-30-22-29-49(37-50)63(7,8)46-25-16-12-17-26-46/h11-42H,43H2,1-10H3. The molecule has 9 aromatic rings. The number of para-hydroxylation sites is 1. The van der Waals surface area contributed by atoms with Gasteiger partial charge in [0.15, 0.2) is 0 Å². The van der Waals surface area contributed by atoms with Crippen molar-refractivity contribution in [1.82, 2.24) is 9.55 Å². The molecular formula is C64H64N4O. The predicted octanol–water partition coefficient (Wildman–Crippen LogP) is 16.8. The van der Waals surface area contributed by atoms with Crippen molar-refractivity contribution in [3.63, 3.8) is 0 Å². The summed E-state index contributed by atoms with van der Waals surface area (Å²) in [5, 5.41) is 2.38. The van der Waals surface area contributed by atoms with Gasteiger partial charge in [0.1, 0.15) is 17.3 Å². The molecular weight excluding hydrogens is 841 g/mol. The van der Waals surface area contributed by atoms with Crippen LogP contribution in [0.15, 0.2) is 200 Å². The van der Waals surface area contributed by atoms with Gasteiger partial charge in [-0.3, -0.25) is 4.57 Å². The van der Waals surface area contributed by atoms with Gasteiger partial charge < -0.3 is 14.5 Å². The summed E-state index contributed by atoms with van der Waals surface area (Å²) < 4.78 is 9.62. The van der Waals surface area contributed by atoms with E-state index in [4.69, 9.17) is 9.72 Å². The zero-order valence-corrected chi connectivity index (χ0v) is 41.9. The molecule has 0 fully saturated rings. The molecule has 69 heavy (non-hydrogen) atoms. The Kier molecular flexibility index (Phi) is 11.4. The number of ether oxygens (including phenoxy) is 1. The predicted molar refractivity (Wildman–Crippen MR) is 290 cm³/mol. The Morgan fingerprint density at radius 3 is 1.77 bits per heavy atom. The Morgan fingerprint density at radius 2 is 1.09 bits per heavy atom. The fourth-order valence-electron chi connectivity index (χ4n) is 10.2. The molecule has 0 unspecified atom stereocenters. The van der Waals surface area contributed by atoms with E-state index in [0.29, 0.717) is 6.67 Å². The molecule has 0 atom stereocenters. The van der Waals surface area contributed by atoms with E-state index in [1.165, 1.54) is 50.0 Å². The van der Waals surface area contributed by atoms with Crippen LogP contribution in [0.5, 0.6) is 11.5 Å². The molecule has 0 saturated carbocycles. The van der Waals surface area contributed by atoms with E-state index in [1.807, 2.05) is 6.20 Å². The number of aromatic nitrogens is 2. The van der Waals surface area contributed by atoms with Gasteiger partial charge >= 0.3 is 0 Å². The van der Waals surface area contributed by atoms with Gasteiger partial charge in [0.25, 0.3) is 0 Å². The molecule has 0 radical (unpaired) electrons. The van der Waals surface area contributed by atoms with Gasteiger partial charge in [-0.05, 0) is 92.9 Å². The van der Waals surface area contributed by atoms with Gasteiger partial charge in [0.2, 0.25) is 0 Å². The van der Waals surface area contributed by atoms with E-state index in [-0.39, 0.29) is 21.7 Å². The van der Waals surface area contributed by atoms with Crippen LogP contribution >= 0.6 is 0 Å². The van der Waals surface area contributed by atoms with E-state index >= 15 is 0 Å². The molecule has 0 spiro atoms. The van der Waals surface area contributed by atoms with Gasteiger partial charge in [-0.15, -0.1) is 0 Å². The van der Waals surface area contributed by atoms with Crippen molar-refractivity contribution in [3.8, 4) is 28.4 Å². The zero-order valence-electron chi connectivity index (χ0n) is 41.9. The van der Waals surface area contributed by atoms with Crippen LogP contribution in [0.2, 0.25) is 0 Å². The van der Waals surface area contributed by atoms with Crippen LogP contribution < -0.4 is 14.5 Å². The van der Waals surface area contributed by atoms with E-state index < -0.39 is 0 Å². The minimum atomic E-state index is -0.383. The van der Waals surface area contributed by atoms with Crippen LogP contribution in [-0.2, 0) is 16.2 Å². The molecule has 0 bridgehead atoms. The van der Waals surface area contributed by atoms with Crippen LogP contribution in [0.25, 0.3) is 38.8 Å². The maximum absolute atomic E-state index is 7.29. The Hall–Kier alpha value is -7.37. The number of hydrogen-bond acceptors (Lipinski definition) is 4. The largest absolute Gasteiger partial charge is 0.457 e. The Balaban J connectivity index is 1.12. The average Bonchev–Trinajstić information content (AvgIpc) is 3.96. The number of benzene rings is 7. The van der Waals surface area contributed by atoms with E-state index in [9.17, 15) is 0 Å². The maximum atomic E-state index is 7.29. The number of anilines is 2. The number of hydrogen-bond donors (Lipinski definition) is 0. The monoisotopic (exact) mass is 905 g/mol. The van der Waals surface area contributed by atoms with Crippen molar-refractivity contribution in [3.05, 3.63) is 228 Å². The van der Waals surface area contributed by atoms with Crippen LogP contribution in [0.3, 0.4) is 0 Å². The summed E-state index contributed by atoms with van der Waals surface area (Å²) in [7, 11) is 0. The Morgan fingerprint density at radius 1 is 0.464 bits per heavy atom. The molecule has 2 aromatic heterocycles. The molecule has 0 N–H and O–H groups in total. The SMILES string of the molecule is CC(C)(C)C1=CN(c2cc(Oc3cc(C(C)(C)c4ccccc4)c4c5ccccc5n(-c5cc(C(C)(C)C)ccn5)c4c3)cc(-c3ccccc3)c2)CN1c1cccc(C(C)(C)c2ccccc2)c1. The topological polar surface area (TPSA) is 33.5 Å². The molecule has 5 heteroatoms. The van der Waals surface area contributed by atoms with E-state index in [0.717, 1.165) is 45.2 Å². The zero-order chi connectivity index (χ0) is 48.3. The van der Waals surface area contributed by atoms with E-state index in [1.54, 1.807) is 0 Å². The first kappa shape index (κ1) is 45.4. The van der Waals surface area contributed by atoms with E-state index in [2.05, 4.69) is 272 Å². The second kappa shape index (κ2) is 17.3. The third-order valence-corrected chi connectivity index (χ3v) is 14.3. The Labute approximate surface area is 409 Å². The highest BCUT2D eigenvalue weighted by atomic mass is 16.5. The molecule has 1 aliphatic heterocycles. The molecule has 0 saturated heterocycles. The second-order valence-electron chi connectivity index (χ2n) is 21.9. The molecule has 0 amide bonds. The molecule has 346 valence electrons. The fourth-order valence-corrected chi connectivity index (χ4v) is 10.2. The minimum Gasteiger partial charge on any atom is -0.457 e. The molecule has 0 aliphatic carbocycles. The van der Waals surface area contributed by atoms with Crippen molar-refractivity contribution in [2.24, 2.45) is 5.41 Å². The van der Waals surface area contributed by atoms with Crippen LogP contribution in [0.4, 0.5) is 11.4 Å². The third kappa shape index (κ3) is 8.60. The summed E-state index contributed by atoms with van der Waals surface area (Å²) in [5.41, 5.74) is 13.3. The fraction of sp³-hybridized carbons (Fsp3) is 0.234. The molecule has 1 aliphatic rings. The highest BCUT2D eigenvalue weighted by Gasteiger charge is 2.34. The minimum absolute atomic E-state index is 0.0504. The van der Waals surface area contributed by atoms with Gasteiger partial charge in [0, 0.05) is 68.6 Å². The van der Waals surface area contributed by atoms with Crippen molar-refractivity contribution in [2.75, 3.05) is 16.5 Å². The average molecular weight is 905 g/mol. The summed E-state index contributed by atoms with van der Waals surface area (Å²) in [6.07, 6.45) is 4.29. The first-order chi connectivity index (χ1) is 33.0. The van der Waals surface area contributed by atoms with Gasteiger partial charge in [-0.2, -0.15) is 0 Å². The first-order valence-corrected chi connectivity index (χ1v) is 24.4. The third-order valence-electron chi connectivity index (χ3n) is 14.3. The van der Waals surface area contributed by atoms with Crippen molar-refractivity contribution in [2.45, 2.75) is 85.5 Å². The summed E-state index contributed by atoms with van der Waals surface area (Å²) >= 11 is 0. The molecule has 10 rings (SSSR count). The molecule has 5 nitrogen and oxygen atoms in total. The molecule has 7 aromatic carbocycles. The van der Waals surface area contributed by atoms with Gasteiger partial charge in [-0.25, -0.2) is 4.98 Å². The van der Waals surface area contributed by atoms with Crippen LogP contribution in [-0.4, -0.2) is 16.2 Å². The normalized spacial score (nSPS) is 13.6. The van der Waals surface area contributed by atoms with Crippen LogP contribution in [0.1, 0.15) is 97.1 Å². The quantitative estimate of drug-likeness (QED) is 0.137. The van der Waals surface area contributed by atoms with Crippen LogP contribution in [0, 0.1) is 5.41 Å². The number of rotatable bonds is 10. The number of allylic oxidation sites excluding steroid dienone is 1. The lowest BCUT2D eigenvalue weighted by molar-refractivity contribution is 0.481. The lowest BCUT2D eigenvalue weighted by Crippen LogP contribution is -2.31. The number of nitrogens with zero attached hydrogens (tertiary/aromatic N) is 4. The Bertz CT molecular complexity index is 3350. The lowest BCUT2D eigenvalue weighted by atomic mass is 9.76. The maximum Gasteiger partial charge on any atom is 0.137 e.